The molecule has 0 saturated heterocycles. The van der Waals surface area contributed by atoms with Crippen LogP contribution in [-0.2, 0) is 6.54 Å². The van der Waals surface area contributed by atoms with E-state index in [-0.39, 0.29) is 5.82 Å². The summed E-state index contributed by atoms with van der Waals surface area (Å²) in [5.41, 5.74) is 3.12. The quantitative estimate of drug-likeness (QED) is 0.558. The highest BCUT2D eigenvalue weighted by Gasteiger charge is 2.07. The molecule has 0 spiro atoms. The zero-order valence-electron chi connectivity index (χ0n) is 11.3. The van der Waals surface area contributed by atoms with Crippen molar-refractivity contribution in [2.45, 2.75) is 13.5 Å². The summed E-state index contributed by atoms with van der Waals surface area (Å²) in [4.78, 5) is 2.52. The lowest BCUT2D eigenvalue weighted by Gasteiger charge is -2.09. The molecule has 108 valence electrons. The van der Waals surface area contributed by atoms with Crippen molar-refractivity contribution in [1.29, 1.82) is 0 Å². The van der Waals surface area contributed by atoms with E-state index in [1.807, 2.05) is 6.92 Å². The van der Waals surface area contributed by atoms with Crippen LogP contribution in [0.4, 0.5) is 10.1 Å². The van der Waals surface area contributed by atoms with Gasteiger partial charge in [0.2, 0.25) is 0 Å². The van der Waals surface area contributed by atoms with Gasteiger partial charge in [-0.2, -0.15) is 0 Å². The van der Waals surface area contributed by atoms with Gasteiger partial charge in [0, 0.05) is 27.5 Å². The van der Waals surface area contributed by atoms with Gasteiger partial charge in [-0.15, -0.1) is 22.7 Å². The van der Waals surface area contributed by atoms with E-state index in [2.05, 4.69) is 50.2 Å². The van der Waals surface area contributed by atoms with Crippen LogP contribution in [0.25, 0.3) is 10.4 Å². The molecule has 0 fully saturated rings. The highest BCUT2D eigenvalue weighted by molar-refractivity contribution is 9.10. The molecule has 0 saturated carbocycles. The van der Waals surface area contributed by atoms with Gasteiger partial charge in [0.05, 0.1) is 4.47 Å². The monoisotopic (exact) mass is 381 g/mol. The van der Waals surface area contributed by atoms with Crippen molar-refractivity contribution >= 4 is 44.3 Å². The van der Waals surface area contributed by atoms with Crippen molar-refractivity contribution in [1.82, 2.24) is 0 Å². The van der Waals surface area contributed by atoms with Gasteiger partial charge in [-0.1, -0.05) is 6.07 Å². The second-order valence-corrected chi connectivity index (χ2v) is 7.51. The summed E-state index contributed by atoms with van der Waals surface area (Å²) in [5, 5.41) is 7.56. The van der Waals surface area contributed by atoms with Crippen molar-refractivity contribution in [3.63, 3.8) is 0 Å². The molecule has 5 heteroatoms. The van der Waals surface area contributed by atoms with Crippen LogP contribution in [0, 0.1) is 12.7 Å². The fraction of sp³-hybridized carbons (Fsp3) is 0.125. The summed E-state index contributed by atoms with van der Waals surface area (Å²) in [6.45, 7) is 2.68. The summed E-state index contributed by atoms with van der Waals surface area (Å²) in [7, 11) is 0. The lowest BCUT2D eigenvalue weighted by molar-refractivity contribution is 0.621. The minimum atomic E-state index is -0.242. The van der Waals surface area contributed by atoms with E-state index in [9.17, 15) is 4.39 Å². The predicted molar refractivity (Wildman–Crippen MR) is 93.8 cm³/mol. The summed E-state index contributed by atoms with van der Waals surface area (Å²) < 4.78 is 14.1. The molecular formula is C16H13BrFNS2. The number of hydrogen-bond donors (Lipinski definition) is 1. The van der Waals surface area contributed by atoms with Crippen LogP contribution in [0.5, 0.6) is 0 Å². The number of anilines is 1. The lowest BCUT2D eigenvalue weighted by Crippen LogP contribution is -2.00. The van der Waals surface area contributed by atoms with Gasteiger partial charge in [0.1, 0.15) is 5.82 Å². The third-order valence-corrected chi connectivity index (χ3v) is 5.64. The minimum Gasteiger partial charge on any atom is -0.380 e. The Morgan fingerprint density at radius 2 is 2.10 bits per heavy atom. The summed E-state index contributed by atoms with van der Waals surface area (Å²) in [6.07, 6.45) is 0. The van der Waals surface area contributed by atoms with Gasteiger partial charge in [-0.3, -0.25) is 0 Å². The van der Waals surface area contributed by atoms with Crippen LogP contribution in [-0.4, -0.2) is 0 Å². The summed E-state index contributed by atoms with van der Waals surface area (Å²) in [6, 6.07) is 9.70. The van der Waals surface area contributed by atoms with Crippen LogP contribution < -0.4 is 5.32 Å². The first kappa shape index (κ1) is 14.8. The smallest absolute Gasteiger partial charge is 0.139 e. The number of thiophene rings is 2. The van der Waals surface area contributed by atoms with Crippen molar-refractivity contribution in [3.8, 4) is 10.4 Å². The Balaban J connectivity index is 1.72. The van der Waals surface area contributed by atoms with Gasteiger partial charge in [0.25, 0.3) is 0 Å². The first-order chi connectivity index (χ1) is 10.1. The Kier molecular flexibility index (Phi) is 4.42. The molecule has 0 aliphatic rings. The number of nitrogens with one attached hydrogen (secondary N) is 1. The number of aryl methyl sites for hydroxylation is 1. The SMILES string of the molecule is Cc1cc(Br)c(F)cc1NCc1cc(-c2cccs2)cs1. The molecule has 0 amide bonds. The fourth-order valence-corrected chi connectivity index (χ4v) is 4.14. The highest BCUT2D eigenvalue weighted by atomic mass is 79.9. The van der Waals surface area contributed by atoms with Gasteiger partial charge >= 0.3 is 0 Å². The van der Waals surface area contributed by atoms with Crippen LogP contribution in [0.2, 0.25) is 0 Å². The van der Waals surface area contributed by atoms with Crippen molar-refractivity contribution in [2.24, 2.45) is 0 Å². The topological polar surface area (TPSA) is 12.0 Å². The molecule has 0 atom stereocenters. The average molecular weight is 382 g/mol. The first-order valence-corrected chi connectivity index (χ1v) is 8.99. The fourth-order valence-electron chi connectivity index (χ4n) is 2.06. The normalized spacial score (nSPS) is 10.8. The molecule has 3 aromatic rings. The Hall–Kier alpha value is -1.17. The predicted octanol–water partition coefficient (Wildman–Crippen LogP) is 6.30. The van der Waals surface area contributed by atoms with E-state index in [0.29, 0.717) is 11.0 Å². The van der Waals surface area contributed by atoms with Crippen LogP contribution >= 0.6 is 38.6 Å². The molecule has 2 heterocycles. The molecule has 0 radical (unpaired) electrons. The largest absolute Gasteiger partial charge is 0.380 e. The third-order valence-electron chi connectivity index (χ3n) is 3.18. The Labute approximate surface area is 139 Å². The Bertz CT molecular complexity index is 750. The minimum absolute atomic E-state index is 0.242. The van der Waals surface area contributed by atoms with Gasteiger partial charge in [-0.05, 0) is 63.4 Å². The average Bonchev–Trinajstić information content (AvgIpc) is 3.11. The third kappa shape index (κ3) is 3.36. The lowest BCUT2D eigenvalue weighted by atomic mass is 10.2. The molecule has 21 heavy (non-hydrogen) atoms. The van der Waals surface area contributed by atoms with Crippen LogP contribution in [0.1, 0.15) is 10.4 Å². The number of benzene rings is 1. The molecule has 3 rings (SSSR count). The van der Waals surface area contributed by atoms with E-state index >= 15 is 0 Å². The maximum atomic E-state index is 13.6. The van der Waals surface area contributed by atoms with Crippen molar-refractivity contribution < 1.29 is 4.39 Å². The number of halogens is 2. The Morgan fingerprint density at radius 1 is 1.24 bits per heavy atom. The van der Waals surface area contributed by atoms with E-state index in [1.165, 1.54) is 21.4 Å². The molecule has 0 unspecified atom stereocenters. The van der Waals surface area contributed by atoms with E-state index < -0.39 is 0 Å². The van der Waals surface area contributed by atoms with Gasteiger partial charge in [-0.25, -0.2) is 4.39 Å². The maximum absolute atomic E-state index is 13.6. The first-order valence-electron chi connectivity index (χ1n) is 6.44. The molecular weight excluding hydrogens is 369 g/mol. The zero-order valence-corrected chi connectivity index (χ0v) is 14.5. The van der Waals surface area contributed by atoms with Crippen molar-refractivity contribution in [3.05, 3.63) is 61.8 Å². The molecule has 2 aromatic heterocycles. The summed E-state index contributed by atoms with van der Waals surface area (Å²) in [5.74, 6) is -0.242. The molecule has 0 aliphatic heterocycles. The van der Waals surface area contributed by atoms with E-state index in [4.69, 9.17) is 0 Å². The standard InChI is InChI=1S/C16H13BrFNS2/c1-10-5-13(17)14(18)7-15(10)19-8-12-6-11(9-21-12)16-3-2-4-20-16/h2-7,9,19H,8H2,1H3. The van der Waals surface area contributed by atoms with Gasteiger partial charge < -0.3 is 5.32 Å². The summed E-state index contributed by atoms with van der Waals surface area (Å²) >= 11 is 6.66. The van der Waals surface area contributed by atoms with Crippen molar-refractivity contribution in [2.75, 3.05) is 5.32 Å². The number of rotatable bonds is 4. The second-order valence-electron chi connectivity index (χ2n) is 4.71. The van der Waals surface area contributed by atoms with Crippen LogP contribution in [0.3, 0.4) is 0 Å². The number of hydrogen-bond acceptors (Lipinski definition) is 3. The zero-order chi connectivity index (χ0) is 14.8. The van der Waals surface area contributed by atoms with E-state index in [1.54, 1.807) is 28.7 Å². The molecule has 1 N–H and O–H groups in total. The van der Waals surface area contributed by atoms with Crippen LogP contribution in [0.15, 0.2) is 45.6 Å². The Morgan fingerprint density at radius 3 is 2.86 bits per heavy atom. The van der Waals surface area contributed by atoms with Gasteiger partial charge in [0.15, 0.2) is 0 Å². The van der Waals surface area contributed by atoms with E-state index in [0.717, 1.165) is 11.3 Å². The highest BCUT2D eigenvalue weighted by Crippen LogP contribution is 2.30. The molecule has 1 nitrogen and oxygen atoms in total. The molecule has 0 aliphatic carbocycles. The maximum Gasteiger partial charge on any atom is 0.139 e. The molecule has 1 aromatic carbocycles. The molecule has 0 bridgehead atoms. The second kappa shape index (κ2) is 6.30.